The quantitative estimate of drug-likeness (QED) is 0.789. The van der Waals surface area contributed by atoms with Crippen molar-refractivity contribution in [3.8, 4) is 0 Å². The third-order valence-corrected chi connectivity index (χ3v) is 5.09. The van der Waals surface area contributed by atoms with Crippen LogP contribution in [-0.2, 0) is 6.42 Å². The SMILES string of the molecule is CNCC1CCC(C)CC1Cc1c(F)ccc(Br)c1F. The summed E-state index contributed by atoms with van der Waals surface area (Å²) >= 11 is 3.15. The maximum absolute atomic E-state index is 14.1. The summed E-state index contributed by atoms with van der Waals surface area (Å²) in [6.07, 6.45) is 3.90. The van der Waals surface area contributed by atoms with E-state index >= 15 is 0 Å². The Morgan fingerprint density at radius 1 is 1.25 bits per heavy atom. The molecule has 0 saturated heterocycles. The van der Waals surface area contributed by atoms with Crippen molar-refractivity contribution in [1.82, 2.24) is 5.32 Å². The number of halogens is 3. The van der Waals surface area contributed by atoms with E-state index < -0.39 is 11.6 Å². The van der Waals surface area contributed by atoms with Crippen LogP contribution in [0.2, 0.25) is 0 Å². The Labute approximate surface area is 128 Å². The van der Waals surface area contributed by atoms with Crippen LogP contribution in [0.25, 0.3) is 0 Å². The van der Waals surface area contributed by atoms with E-state index in [-0.39, 0.29) is 5.56 Å². The molecule has 0 radical (unpaired) electrons. The van der Waals surface area contributed by atoms with Crippen LogP contribution in [0.15, 0.2) is 16.6 Å². The van der Waals surface area contributed by atoms with Crippen LogP contribution < -0.4 is 5.32 Å². The molecule has 0 amide bonds. The van der Waals surface area contributed by atoms with Crippen molar-refractivity contribution >= 4 is 15.9 Å². The van der Waals surface area contributed by atoms with Crippen LogP contribution in [0.1, 0.15) is 31.7 Å². The summed E-state index contributed by atoms with van der Waals surface area (Å²) in [5.74, 6) is 0.642. The molecule has 1 nitrogen and oxygen atoms in total. The van der Waals surface area contributed by atoms with Gasteiger partial charge in [-0.05, 0) is 78.7 Å². The molecule has 1 aromatic carbocycles. The smallest absolute Gasteiger partial charge is 0.143 e. The summed E-state index contributed by atoms with van der Waals surface area (Å²) in [7, 11) is 1.94. The summed E-state index contributed by atoms with van der Waals surface area (Å²) in [5.41, 5.74) is 0.236. The molecule has 2 rings (SSSR count). The summed E-state index contributed by atoms with van der Waals surface area (Å²) in [6.45, 7) is 3.16. The molecule has 3 atom stereocenters. The standard InChI is InChI=1S/C16H22BrF2N/c1-10-3-4-11(9-20-2)12(7-10)8-13-15(18)6-5-14(17)16(13)19/h5-6,10-12,20H,3-4,7-9H2,1-2H3. The van der Waals surface area contributed by atoms with Crippen molar-refractivity contribution in [3.05, 3.63) is 33.8 Å². The Kier molecular flexibility index (Phi) is 5.56. The first-order chi connectivity index (χ1) is 9.52. The van der Waals surface area contributed by atoms with E-state index in [1.165, 1.54) is 18.6 Å². The highest BCUT2D eigenvalue weighted by Gasteiger charge is 2.30. The van der Waals surface area contributed by atoms with Gasteiger partial charge >= 0.3 is 0 Å². The van der Waals surface area contributed by atoms with E-state index in [1.54, 1.807) is 0 Å². The molecule has 0 spiro atoms. The average molecular weight is 346 g/mol. The minimum absolute atomic E-state index is 0.236. The fourth-order valence-electron chi connectivity index (χ4n) is 3.36. The topological polar surface area (TPSA) is 12.0 Å². The van der Waals surface area contributed by atoms with Gasteiger partial charge in [0.25, 0.3) is 0 Å². The molecule has 1 aromatic rings. The number of rotatable bonds is 4. The van der Waals surface area contributed by atoms with Gasteiger partial charge in [0.05, 0.1) is 4.47 Å². The van der Waals surface area contributed by atoms with Gasteiger partial charge in [-0.3, -0.25) is 0 Å². The normalized spacial score (nSPS) is 26.8. The first-order valence-electron chi connectivity index (χ1n) is 7.29. The number of benzene rings is 1. The van der Waals surface area contributed by atoms with Gasteiger partial charge in [-0.2, -0.15) is 0 Å². The first kappa shape index (κ1) is 15.9. The predicted molar refractivity (Wildman–Crippen MR) is 81.7 cm³/mol. The van der Waals surface area contributed by atoms with Gasteiger partial charge in [0.15, 0.2) is 0 Å². The number of hydrogen-bond donors (Lipinski definition) is 1. The van der Waals surface area contributed by atoms with Crippen LogP contribution in [0.5, 0.6) is 0 Å². The highest BCUT2D eigenvalue weighted by atomic mass is 79.9. The maximum atomic E-state index is 14.1. The number of hydrogen-bond acceptors (Lipinski definition) is 1. The molecule has 1 fully saturated rings. The monoisotopic (exact) mass is 345 g/mol. The van der Waals surface area contributed by atoms with Crippen molar-refractivity contribution in [2.45, 2.75) is 32.6 Å². The Morgan fingerprint density at radius 3 is 2.70 bits per heavy atom. The van der Waals surface area contributed by atoms with Crippen LogP contribution in [0, 0.1) is 29.4 Å². The maximum Gasteiger partial charge on any atom is 0.143 e. The van der Waals surface area contributed by atoms with Gasteiger partial charge in [-0.25, -0.2) is 8.78 Å². The molecule has 4 heteroatoms. The molecule has 0 bridgehead atoms. The average Bonchev–Trinajstić information content (AvgIpc) is 2.42. The van der Waals surface area contributed by atoms with Gasteiger partial charge in [-0.1, -0.05) is 13.3 Å². The van der Waals surface area contributed by atoms with Crippen molar-refractivity contribution in [2.24, 2.45) is 17.8 Å². The van der Waals surface area contributed by atoms with Crippen molar-refractivity contribution < 1.29 is 8.78 Å². The zero-order valence-electron chi connectivity index (χ0n) is 12.1. The zero-order chi connectivity index (χ0) is 14.7. The Bertz CT molecular complexity index is 464. The summed E-state index contributed by atoms with van der Waals surface area (Å²) < 4.78 is 28.4. The molecular formula is C16H22BrF2N. The van der Waals surface area contributed by atoms with E-state index in [9.17, 15) is 8.78 Å². The van der Waals surface area contributed by atoms with Crippen LogP contribution >= 0.6 is 15.9 Å². The molecule has 1 saturated carbocycles. The second kappa shape index (κ2) is 6.99. The molecule has 0 heterocycles. The summed E-state index contributed by atoms with van der Waals surface area (Å²) in [6, 6.07) is 2.78. The second-order valence-corrected chi connectivity index (χ2v) is 6.88. The van der Waals surface area contributed by atoms with E-state index in [1.807, 2.05) is 7.05 Å². The van der Waals surface area contributed by atoms with Crippen molar-refractivity contribution in [1.29, 1.82) is 0 Å². The molecule has 3 unspecified atom stereocenters. The first-order valence-corrected chi connectivity index (χ1v) is 8.09. The molecular weight excluding hydrogens is 324 g/mol. The highest BCUT2D eigenvalue weighted by Crippen LogP contribution is 2.37. The molecule has 1 aliphatic rings. The van der Waals surface area contributed by atoms with E-state index in [0.717, 1.165) is 19.4 Å². The lowest BCUT2D eigenvalue weighted by Crippen LogP contribution is -2.32. The lowest BCUT2D eigenvalue weighted by Gasteiger charge is -2.35. The highest BCUT2D eigenvalue weighted by molar-refractivity contribution is 9.10. The van der Waals surface area contributed by atoms with Gasteiger partial charge in [0, 0.05) is 5.56 Å². The Balaban J connectivity index is 2.20. The lowest BCUT2D eigenvalue weighted by atomic mass is 9.72. The minimum atomic E-state index is -0.438. The van der Waals surface area contributed by atoms with Crippen LogP contribution in [0.4, 0.5) is 8.78 Å². The Morgan fingerprint density at radius 2 is 2.00 bits per heavy atom. The third kappa shape index (κ3) is 3.59. The van der Waals surface area contributed by atoms with Crippen molar-refractivity contribution in [2.75, 3.05) is 13.6 Å². The molecule has 1 aliphatic carbocycles. The van der Waals surface area contributed by atoms with Gasteiger partial charge in [0.1, 0.15) is 11.6 Å². The molecule has 20 heavy (non-hydrogen) atoms. The van der Waals surface area contributed by atoms with Crippen LogP contribution in [-0.4, -0.2) is 13.6 Å². The van der Waals surface area contributed by atoms with Crippen LogP contribution in [0.3, 0.4) is 0 Å². The Hall–Kier alpha value is -0.480. The van der Waals surface area contributed by atoms with Gasteiger partial charge < -0.3 is 5.32 Å². The van der Waals surface area contributed by atoms with E-state index in [0.29, 0.717) is 28.6 Å². The fourth-order valence-corrected chi connectivity index (χ4v) is 3.73. The van der Waals surface area contributed by atoms with E-state index in [4.69, 9.17) is 0 Å². The van der Waals surface area contributed by atoms with Gasteiger partial charge in [-0.15, -0.1) is 0 Å². The largest absolute Gasteiger partial charge is 0.319 e. The van der Waals surface area contributed by atoms with Crippen molar-refractivity contribution in [3.63, 3.8) is 0 Å². The minimum Gasteiger partial charge on any atom is -0.319 e. The molecule has 112 valence electrons. The zero-order valence-corrected chi connectivity index (χ0v) is 13.6. The van der Waals surface area contributed by atoms with E-state index in [2.05, 4.69) is 28.2 Å². The molecule has 0 aromatic heterocycles. The summed E-state index contributed by atoms with van der Waals surface area (Å²) in [4.78, 5) is 0. The second-order valence-electron chi connectivity index (χ2n) is 6.02. The van der Waals surface area contributed by atoms with Gasteiger partial charge in [0.2, 0.25) is 0 Å². The summed E-state index contributed by atoms with van der Waals surface area (Å²) in [5, 5.41) is 3.21. The molecule has 0 aliphatic heterocycles. The molecule has 1 N–H and O–H groups in total. The fraction of sp³-hybridized carbons (Fsp3) is 0.625. The number of nitrogens with one attached hydrogen (secondary N) is 1. The lowest BCUT2D eigenvalue weighted by molar-refractivity contribution is 0.183. The predicted octanol–water partition coefficient (Wildman–Crippen LogP) is 4.54. The third-order valence-electron chi connectivity index (χ3n) is 4.47.